The number of para-hydroxylation sites is 1. The lowest BCUT2D eigenvalue weighted by atomic mass is 10.1. The van der Waals surface area contributed by atoms with Crippen LogP contribution < -0.4 is 10.2 Å². The van der Waals surface area contributed by atoms with Crippen molar-refractivity contribution < 1.29 is 14.3 Å². The van der Waals surface area contributed by atoms with E-state index in [1.165, 1.54) is 0 Å². The van der Waals surface area contributed by atoms with Crippen molar-refractivity contribution in [3.05, 3.63) is 30.3 Å². The van der Waals surface area contributed by atoms with Crippen LogP contribution >= 0.6 is 12.4 Å². The Balaban J connectivity index is 0.00000288. The number of ether oxygens (including phenoxy) is 1. The maximum absolute atomic E-state index is 12.5. The van der Waals surface area contributed by atoms with Crippen LogP contribution in [0.25, 0.3) is 0 Å². The highest BCUT2D eigenvalue weighted by molar-refractivity contribution is 5.97. The molecule has 24 heavy (non-hydrogen) atoms. The molecular weight excluding hydrogens is 330 g/mol. The monoisotopic (exact) mass is 355 g/mol. The summed E-state index contributed by atoms with van der Waals surface area (Å²) in [5, 5.41) is 3.15. The van der Waals surface area contributed by atoms with Gasteiger partial charge in [-0.3, -0.25) is 9.59 Å². The minimum absolute atomic E-state index is 0. The molecule has 1 unspecified atom stereocenters. The fourth-order valence-electron chi connectivity index (χ4n) is 2.60. The summed E-state index contributed by atoms with van der Waals surface area (Å²) < 4.78 is 5.31. The number of amides is 2. The molecule has 0 aliphatic carbocycles. The number of carbonyl (C=O) groups excluding carboxylic acids is 2. The number of piperazine rings is 1. The van der Waals surface area contributed by atoms with Crippen molar-refractivity contribution in [3.8, 4) is 0 Å². The molecule has 134 valence electrons. The van der Waals surface area contributed by atoms with Gasteiger partial charge >= 0.3 is 0 Å². The average Bonchev–Trinajstić information content (AvgIpc) is 2.58. The Morgan fingerprint density at radius 1 is 1.38 bits per heavy atom. The Morgan fingerprint density at radius 3 is 2.75 bits per heavy atom. The maximum Gasteiger partial charge on any atom is 0.240 e. The third-order valence-corrected chi connectivity index (χ3v) is 3.99. The van der Waals surface area contributed by atoms with Crippen LogP contribution in [0.3, 0.4) is 0 Å². The van der Waals surface area contributed by atoms with Crippen LogP contribution in [-0.2, 0) is 14.3 Å². The number of hydrogen-bond donors (Lipinski definition) is 1. The summed E-state index contributed by atoms with van der Waals surface area (Å²) >= 11 is 0. The average molecular weight is 356 g/mol. The van der Waals surface area contributed by atoms with E-state index in [1.54, 1.807) is 16.8 Å². The Labute approximate surface area is 149 Å². The quantitative estimate of drug-likeness (QED) is 0.749. The van der Waals surface area contributed by atoms with Crippen LogP contribution in [0.15, 0.2) is 30.3 Å². The fourth-order valence-corrected chi connectivity index (χ4v) is 2.60. The topological polar surface area (TPSA) is 61.9 Å². The van der Waals surface area contributed by atoms with Crippen LogP contribution in [0, 0.1) is 0 Å². The summed E-state index contributed by atoms with van der Waals surface area (Å²) in [4.78, 5) is 28.2. The number of carbonyl (C=O) groups is 2. The number of anilines is 1. The lowest BCUT2D eigenvalue weighted by molar-refractivity contribution is -0.138. The van der Waals surface area contributed by atoms with Gasteiger partial charge in [-0.2, -0.15) is 0 Å². The predicted octanol–water partition coefficient (Wildman–Crippen LogP) is 1.30. The summed E-state index contributed by atoms with van der Waals surface area (Å²) in [5.74, 6) is -0.0977. The highest BCUT2D eigenvalue weighted by Crippen LogP contribution is 2.14. The van der Waals surface area contributed by atoms with Crippen LogP contribution in [0.1, 0.15) is 13.3 Å². The minimum atomic E-state index is -0.455. The summed E-state index contributed by atoms with van der Waals surface area (Å²) in [6.45, 7) is 5.04. The van der Waals surface area contributed by atoms with Crippen molar-refractivity contribution in [3.63, 3.8) is 0 Å². The molecule has 2 rings (SSSR count). The van der Waals surface area contributed by atoms with Crippen molar-refractivity contribution in [2.24, 2.45) is 0 Å². The summed E-state index contributed by atoms with van der Waals surface area (Å²) in [6, 6.07) is 8.98. The van der Waals surface area contributed by atoms with Crippen LogP contribution in [0.4, 0.5) is 5.69 Å². The first-order valence-corrected chi connectivity index (χ1v) is 8.05. The molecule has 1 aliphatic heterocycles. The zero-order chi connectivity index (χ0) is 16.7. The SMILES string of the molecule is CCOCCN1CCNC(CC(=O)N(C)c2ccccc2)C1=O.Cl. The molecule has 0 spiro atoms. The summed E-state index contributed by atoms with van der Waals surface area (Å²) in [6.07, 6.45) is 0.162. The predicted molar refractivity (Wildman–Crippen MR) is 96.6 cm³/mol. The molecule has 1 aromatic rings. The Bertz CT molecular complexity index is 527. The Hall–Kier alpha value is -1.63. The van der Waals surface area contributed by atoms with Crippen molar-refractivity contribution in [2.75, 3.05) is 44.8 Å². The molecule has 1 atom stereocenters. The van der Waals surface area contributed by atoms with Crippen molar-refractivity contribution in [1.29, 1.82) is 0 Å². The van der Waals surface area contributed by atoms with Gasteiger partial charge < -0.3 is 19.9 Å². The smallest absolute Gasteiger partial charge is 0.240 e. The number of hydrogen-bond acceptors (Lipinski definition) is 4. The molecule has 0 bridgehead atoms. The molecule has 1 aromatic carbocycles. The van der Waals surface area contributed by atoms with E-state index in [-0.39, 0.29) is 30.6 Å². The van der Waals surface area contributed by atoms with E-state index >= 15 is 0 Å². The molecule has 1 heterocycles. The Morgan fingerprint density at radius 2 is 2.08 bits per heavy atom. The van der Waals surface area contributed by atoms with Gasteiger partial charge in [0.2, 0.25) is 11.8 Å². The van der Waals surface area contributed by atoms with E-state index in [9.17, 15) is 9.59 Å². The molecule has 0 saturated carbocycles. The van der Waals surface area contributed by atoms with E-state index in [1.807, 2.05) is 37.3 Å². The first-order valence-electron chi connectivity index (χ1n) is 8.05. The lowest BCUT2D eigenvalue weighted by Crippen LogP contribution is -2.56. The van der Waals surface area contributed by atoms with Crippen molar-refractivity contribution >= 4 is 29.9 Å². The van der Waals surface area contributed by atoms with E-state index in [2.05, 4.69) is 5.32 Å². The van der Waals surface area contributed by atoms with Gasteiger partial charge in [-0.25, -0.2) is 0 Å². The number of rotatable bonds is 7. The molecule has 1 aliphatic rings. The zero-order valence-electron chi connectivity index (χ0n) is 14.2. The lowest BCUT2D eigenvalue weighted by Gasteiger charge is -2.33. The molecule has 7 heteroatoms. The second-order valence-corrected chi connectivity index (χ2v) is 5.52. The van der Waals surface area contributed by atoms with Gasteiger partial charge in [-0.15, -0.1) is 12.4 Å². The van der Waals surface area contributed by atoms with E-state index < -0.39 is 6.04 Å². The van der Waals surface area contributed by atoms with Gasteiger partial charge in [0.25, 0.3) is 0 Å². The van der Waals surface area contributed by atoms with Gasteiger partial charge in [0, 0.05) is 39.0 Å². The fraction of sp³-hybridized carbons (Fsp3) is 0.529. The van der Waals surface area contributed by atoms with E-state index in [0.717, 1.165) is 5.69 Å². The number of benzene rings is 1. The van der Waals surface area contributed by atoms with Gasteiger partial charge in [0.05, 0.1) is 19.1 Å². The molecule has 1 saturated heterocycles. The Kier molecular flexibility index (Phi) is 8.74. The third-order valence-electron chi connectivity index (χ3n) is 3.99. The van der Waals surface area contributed by atoms with Gasteiger partial charge in [-0.1, -0.05) is 18.2 Å². The molecule has 2 amide bonds. The summed E-state index contributed by atoms with van der Waals surface area (Å²) in [7, 11) is 1.73. The van der Waals surface area contributed by atoms with Crippen LogP contribution in [0.2, 0.25) is 0 Å². The van der Waals surface area contributed by atoms with Gasteiger partial charge in [0.15, 0.2) is 0 Å². The number of nitrogens with one attached hydrogen (secondary N) is 1. The number of nitrogens with zero attached hydrogens (tertiary/aromatic N) is 2. The van der Waals surface area contributed by atoms with Crippen LogP contribution in [-0.4, -0.2) is 62.7 Å². The molecule has 1 N–H and O–H groups in total. The normalized spacial score (nSPS) is 17.3. The van der Waals surface area contributed by atoms with Gasteiger partial charge in [0.1, 0.15) is 0 Å². The first kappa shape index (κ1) is 20.4. The minimum Gasteiger partial charge on any atom is -0.380 e. The van der Waals surface area contributed by atoms with Crippen molar-refractivity contribution in [2.45, 2.75) is 19.4 Å². The summed E-state index contributed by atoms with van der Waals surface area (Å²) in [5.41, 5.74) is 0.828. The molecule has 0 aromatic heterocycles. The second kappa shape index (κ2) is 10.3. The van der Waals surface area contributed by atoms with Crippen molar-refractivity contribution in [1.82, 2.24) is 10.2 Å². The highest BCUT2D eigenvalue weighted by Gasteiger charge is 2.30. The van der Waals surface area contributed by atoms with Crippen LogP contribution in [0.5, 0.6) is 0 Å². The number of halogens is 1. The maximum atomic E-state index is 12.5. The third kappa shape index (κ3) is 5.47. The molecular formula is C17H26ClN3O3. The molecule has 6 nitrogen and oxygen atoms in total. The molecule has 1 fully saturated rings. The highest BCUT2D eigenvalue weighted by atomic mass is 35.5. The standard InChI is InChI=1S/C17H25N3O3.ClH/c1-3-23-12-11-20-10-9-18-15(17(20)22)13-16(21)19(2)14-7-5-4-6-8-14;/h4-8,15,18H,3,9-13H2,1-2H3;1H. The van der Waals surface area contributed by atoms with E-state index in [0.29, 0.717) is 32.8 Å². The second-order valence-electron chi connectivity index (χ2n) is 5.52. The molecule has 0 radical (unpaired) electrons. The zero-order valence-corrected chi connectivity index (χ0v) is 15.1. The first-order chi connectivity index (χ1) is 11.1. The largest absolute Gasteiger partial charge is 0.380 e. The van der Waals surface area contributed by atoms with E-state index in [4.69, 9.17) is 4.74 Å². The van der Waals surface area contributed by atoms with Gasteiger partial charge in [-0.05, 0) is 19.1 Å².